The zero-order valence-electron chi connectivity index (χ0n) is 8.23. The molecule has 2 N–H and O–H groups in total. The molecule has 0 saturated heterocycles. The largest absolute Gasteiger partial charge is 0.329 e. The van der Waals surface area contributed by atoms with Crippen LogP contribution in [-0.4, -0.2) is 16.3 Å². The van der Waals surface area contributed by atoms with E-state index in [0.29, 0.717) is 6.54 Å². The highest BCUT2D eigenvalue weighted by atomic mass is 79.9. The van der Waals surface area contributed by atoms with Crippen LogP contribution in [0.4, 0.5) is 0 Å². The Morgan fingerprint density at radius 3 is 2.60 bits per heavy atom. The van der Waals surface area contributed by atoms with Gasteiger partial charge in [0.25, 0.3) is 0 Å². The lowest BCUT2D eigenvalue weighted by Crippen LogP contribution is -2.09. The van der Waals surface area contributed by atoms with Crippen molar-refractivity contribution in [3.63, 3.8) is 0 Å². The van der Waals surface area contributed by atoms with Crippen LogP contribution >= 0.6 is 15.9 Å². The Morgan fingerprint density at radius 2 is 1.93 bits per heavy atom. The average molecular weight is 266 g/mol. The Kier molecular flexibility index (Phi) is 3.18. The fraction of sp³-hybridized carbons (Fsp3) is 0.182. The molecule has 0 aliphatic rings. The van der Waals surface area contributed by atoms with Gasteiger partial charge in [0.15, 0.2) is 0 Å². The molecule has 0 saturated carbocycles. The molecule has 2 aromatic rings. The lowest BCUT2D eigenvalue weighted by atomic mass is 10.1. The molecule has 0 aliphatic carbocycles. The van der Waals surface area contributed by atoms with Gasteiger partial charge < -0.3 is 5.73 Å². The SMILES string of the molecule is NCCn1cc(-c2ccc(Br)cc2)cn1. The predicted molar refractivity (Wildman–Crippen MR) is 64.4 cm³/mol. The van der Waals surface area contributed by atoms with Crippen LogP contribution < -0.4 is 5.73 Å². The van der Waals surface area contributed by atoms with Crippen molar-refractivity contribution >= 4 is 15.9 Å². The third-order valence-electron chi connectivity index (χ3n) is 2.17. The first-order chi connectivity index (χ1) is 7.29. The summed E-state index contributed by atoms with van der Waals surface area (Å²) < 4.78 is 2.94. The van der Waals surface area contributed by atoms with Crippen molar-refractivity contribution in [2.75, 3.05) is 6.54 Å². The van der Waals surface area contributed by atoms with Crippen molar-refractivity contribution in [1.82, 2.24) is 9.78 Å². The summed E-state index contributed by atoms with van der Waals surface area (Å²) in [6, 6.07) is 8.17. The Labute approximate surface area is 97.0 Å². The maximum Gasteiger partial charge on any atom is 0.0568 e. The van der Waals surface area contributed by atoms with Gasteiger partial charge in [-0.15, -0.1) is 0 Å². The van der Waals surface area contributed by atoms with Crippen molar-refractivity contribution in [3.8, 4) is 11.1 Å². The van der Waals surface area contributed by atoms with Gasteiger partial charge in [-0.3, -0.25) is 4.68 Å². The third-order valence-corrected chi connectivity index (χ3v) is 2.70. The highest BCUT2D eigenvalue weighted by molar-refractivity contribution is 9.10. The molecule has 78 valence electrons. The van der Waals surface area contributed by atoms with Gasteiger partial charge in [-0.25, -0.2) is 0 Å². The monoisotopic (exact) mass is 265 g/mol. The Hall–Kier alpha value is -1.13. The van der Waals surface area contributed by atoms with E-state index in [9.17, 15) is 0 Å². The Balaban J connectivity index is 2.25. The molecule has 0 bridgehead atoms. The number of rotatable bonds is 3. The van der Waals surface area contributed by atoms with E-state index < -0.39 is 0 Å². The maximum absolute atomic E-state index is 5.46. The summed E-state index contributed by atoms with van der Waals surface area (Å²) in [5, 5.41) is 4.23. The number of benzene rings is 1. The Morgan fingerprint density at radius 1 is 1.20 bits per heavy atom. The Bertz CT molecular complexity index is 433. The van der Waals surface area contributed by atoms with Crippen LogP contribution in [0.5, 0.6) is 0 Å². The molecular formula is C11H12BrN3. The van der Waals surface area contributed by atoms with Gasteiger partial charge in [-0.1, -0.05) is 28.1 Å². The van der Waals surface area contributed by atoms with Crippen LogP contribution in [0.1, 0.15) is 0 Å². The van der Waals surface area contributed by atoms with E-state index in [1.165, 1.54) is 5.56 Å². The van der Waals surface area contributed by atoms with Gasteiger partial charge in [0, 0.05) is 22.8 Å². The summed E-state index contributed by atoms with van der Waals surface area (Å²) in [6.45, 7) is 1.37. The fourth-order valence-corrected chi connectivity index (χ4v) is 1.67. The highest BCUT2D eigenvalue weighted by Crippen LogP contribution is 2.20. The molecule has 1 heterocycles. The maximum atomic E-state index is 5.46. The van der Waals surface area contributed by atoms with Gasteiger partial charge in [0.05, 0.1) is 12.7 Å². The second-order valence-corrected chi connectivity index (χ2v) is 4.20. The second kappa shape index (κ2) is 4.59. The summed E-state index contributed by atoms with van der Waals surface area (Å²) in [5.41, 5.74) is 7.75. The minimum absolute atomic E-state index is 0.613. The van der Waals surface area contributed by atoms with E-state index in [-0.39, 0.29) is 0 Å². The molecule has 2 rings (SSSR count). The summed E-state index contributed by atoms with van der Waals surface area (Å²) in [4.78, 5) is 0. The summed E-state index contributed by atoms with van der Waals surface area (Å²) in [7, 11) is 0. The molecule has 0 fully saturated rings. The van der Waals surface area contributed by atoms with Crippen LogP contribution in [0.15, 0.2) is 41.1 Å². The molecule has 3 nitrogen and oxygen atoms in total. The minimum atomic E-state index is 0.613. The summed E-state index contributed by atoms with van der Waals surface area (Å²) in [6.07, 6.45) is 3.87. The molecule has 0 atom stereocenters. The van der Waals surface area contributed by atoms with Gasteiger partial charge in [-0.05, 0) is 17.7 Å². The lowest BCUT2D eigenvalue weighted by molar-refractivity contribution is 0.625. The average Bonchev–Trinajstić information content (AvgIpc) is 2.68. The van der Waals surface area contributed by atoms with E-state index in [2.05, 4.69) is 33.2 Å². The summed E-state index contributed by atoms with van der Waals surface area (Å²) >= 11 is 3.41. The molecule has 0 aliphatic heterocycles. The first-order valence-corrected chi connectivity index (χ1v) is 5.57. The van der Waals surface area contributed by atoms with E-state index in [4.69, 9.17) is 5.73 Å². The first kappa shape index (κ1) is 10.4. The smallest absolute Gasteiger partial charge is 0.0568 e. The number of halogens is 1. The molecule has 0 amide bonds. The van der Waals surface area contributed by atoms with Crippen molar-refractivity contribution in [3.05, 3.63) is 41.1 Å². The lowest BCUT2D eigenvalue weighted by Gasteiger charge is -1.97. The quantitative estimate of drug-likeness (QED) is 0.926. The van der Waals surface area contributed by atoms with Crippen molar-refractivity contribution in [1.29, 1.82) is 0 Å². The molecule has 1 aromatic carbocycles. The number of nitrogens with zero attached hydrogens (tertiary/aromatic N) is 2. The van der Waals surface area contributed by atoms with E-state index >= 15 is 0 Å². The molecule has 15 heavy (non-hydrogen) atoms. The molecule has 0 radical (unpaired) electrons. The first-order valence-electron chi connectivity index (χ1n) is 4.78. The van der Waals surface area contributed by atoms with E-state index in [1.807, 2.05) is 29.2 Å². The van der Waals surface area contributed by atoms with Crippen LogP contribution in [0.3, 0.4) is 0 Å². The zero-order valence-corrected chi connectivity index (χ0v) is 9.81. The molecule has 4 heteroatoms. The second-order valence-electron chi connectivity index (χ2n) is 3.29. The van der Waals surface area contributed by atoms with Crippen molar-refractivity contribution < 1.29 is 0 Å². The molecular weight excluding hydrogens is 254 g/mol. The van der Waals surface area contributed by atoms with Crippen LogP contribution in [-0.2, 0) is 6.54 Å². The third kappa shape index (κ3) is 2.46. The highest BCUT2D eigenvalue weighted by Gasteiger charge is 2.00. The van der Waals surface area contributed by atoms with Gasteiger partial charge in [0.2, 0.25) is 0 Å². The zero-order chi connectivity index (χ0) is 10.7. The summed E-state index contributed by atoms with van der Waals surface area (Å²) in [5.74, 6) is 0. The van der Waals surface area contributed by atoms with Crippen LogP contribution in [0.25, 0.3) is 11.1 Å². The topological polar surface area (TPSA) is 43.8 Å². The van der Waals surface area contributed by atoms with Crippen molar-refractivity contribution in [2.24, 2.45) is 5.73 Å². The van der Waals surface area contributed by atoms with Gasteiger partial charge >= 0.3 is 0 Å². The van der Waals surface area contributed by atoms with Crippen LogP contribution in [0, 0.1) is 0 Å². The fourth-order valence-electron chi connectivity index (χ4n) is 1.41. The van der Waals surface area contributed by atoms with Gasteiger partial charge in [0.1, 0.15) is 0 Å². The predicted octanol–water partition coefficient (Wildman–Crippen LogP) is 2.27. The van der Waals surface area contributed by atoms with Crippen LogP contribution in [0.2, 0.25) is 0 Å². The normalized spacial score (nSPS) is 10.5. The molecule has 0 unspecified atom stereocenters. The minimum Gasteiger partial charge on any atom is -0.329 e. The standard InChI is InChI=1S/C11H12BrN3/c12-11-3-1-9(2-4-11)10-7-14-15(8-10)6-5-13/h1-4,7-8H,5-6,13H2. The van der Waals surface area contributed by atoms with Gasteiger partial charge in [-0.2, -0.15) is 5.10 Å². The number of nitrogens with two attached hydrogens (primary N) is 1. The molecule has 0 spiro atoms. The number of hydrogen-bond donors (Lipinski definition) is 1. The molecule has 1 aromatic heterocycles. The van der Waals surface area contributed by atoms with E-state index in [0.717, 1.165) is 16.6 Å². The van der Waals surface area contributed by atoms with E-state index in [1.54, 1.807) is 0 Å². The number of aromatic nitrogens is 2. The number of hydrogen-bond acceptors (Lipinski definition) is 2. The van der Waals surface area contributed by atoms with Crippen molar-refractivity contribution in [2.45, 2.75) is 6.54 Å².